The molecular formula is C17H21N3O3. The first-order chi connectivity index (χ1) is 10.9. The van der Waals surface area contributed by atoms with Gasteiger partial charge >= 0.3 is 6.03 Å². The topological polar surface area (TPSA) is 78.5 Å². The van der Waals surface area contributed by atoms with Gasteiger partial charge in [0.25, 0.3) is 11.8 Å². The van der Waals surface area contributed by atoms with Gasteiger partial charge in [0.1, 0.15) is 5.54 Å². The molecule has 2 aliphatic rings. The van der Waals surface area contributed by atoms with Crippen LogP contribution in [0, 0.1) is 13.8 Å². The minimum Gasteiger partial charge on any atom is -0.322 e. The monoisotopic (exact) mass is 315 g/mol. The van der Waals surface area contributed by atoms with E-state index in [0.29, 0.717) is 18.4 Å². The van der Waals surface area contributed by atoms with Crippen LogP contribution in [0.5, 0.6) is 0 Å². The summed E-state index contributed by atoms with van der Waals surface area (Å²) in [6.07, 6.45) is 4.15. The Kier molecular flexibility index (Phi) is 3.83. The summed E-state index contributed by atoms with van der Waals surface area (Å²) in [5.41, 5.74) is 3.93. The number of rotatable bonds is 2. The number of carbonyl (C=O) groups excluding carboxylic acids is 3. The SMILES string of the molecule is Cc1cccc(C(=O)NN2C(=O)NC3(CCCCC3)C2=O)c1C. The molecule has 1 saturated heterocycles. The molecule has 0 aromatic heterocycles. The maximum atomic E-state index is 12.6. The van der Waals surface area contributed by atoms with Gasteiger partial charge in [-0.2, -0.15) is 5.01 Å². The Morgan fingerprint density at radius 1 is 1.17 bits per heavy atom. The molecule has 1 heterocycles. The number of aryl methyl sites for hydroxylation is 1. The Morgan fingerprint density at radius 2 is 1.87 bits per heavy atom. The highest BCUT2D eigenvalue weighted by Gasteiger charge is 2.52. The first-order valence-electron chi connectivity index (χ1n) is 7.98. The molecule has 3 rings (SSSR count). The summed E-state index contributed by atoms with van der Waals surface area (Å²) < 4.78 is 0. The van der Waals surface area contributed by atoms with E-state index in [0.717, 1.165) is 35.4 Å². The van der Waals surface area contributed by atoms with Gasteiger partial charge < -0.3 is 5.32 Å². The minimum atomic E-state index is -0.829. The lowest BCUT2D eigenvalue weighted by molar-refractivity contribution is -0.134. The van der Waals surface area contributed by atoms with Crippen LogP contribution >= 0.6 is 0 Å². The van der Waals surface area contributed by atoms with E-state index in [4.69, 9.17) is 0 Å². The van der Waals surface area contributed by atoms with Crippen molar-refractivity contribution in [3.05, 3.63) is 34.9 Å². The van der Waals surface area contributed by atoms with Crippen molar-refractivity contribution in [3.63, 3.8) is 0 Å². The van der Waals surface area contributed by atoms with Gasteiger partial charge in [0.15, 0.2) is 0 Å². The fourth-order valence-electron chi connectivity index (χ4n) is 3.37. The molecule has 4 amide bonds. The van der Waals surface area contributed by atoms with Gasteiger partial charge in [0, 0.05) is 5.56 Å². The number of hydrogen-bond donors (Lipinski definition) is 2. The third-order valence-corrected chi connectivity index (χ3v) is 4.93. The predicted octanol–water partition coefficient (Wildman–Crippen LogP) is 2.20. The average molecular weight is 315 g/mol. The Labute approximate surface area is 135 Å². The Hall–Kier alpha value is -2.37. The van der Waals surface area contributed by atoms with E-state index >= 15 is 0 Å². The second kappa shape index (κ2) is 5.68. The van der Waals surface area contributed by atoms with Gasteiger partial charge in [-0.3, -0.25) is 15.0 Å². The lowest BCUT2D eigenvalue weighted by atomic mass is 9.82. The number of urea groups is 1. The molecule has 6 heteroatoms. The van der Waals surface area contributed by atoms with Gasteiger partial charge in [-0.1, -0.05) is 31.4 Å². The summed E-state index contributed by atoms with van der Waals surface area (Å²) >= 11 is 0. The predicted molar refractivity (Wildman–Crippen MR) is 84.6 cm³/mol. The van der Waals surface area contributed by atoms with Gasteiger partial charge in [-0.05, 0) is 43.9 Å². The van der Waals surface area contributed by atoms with E-state index in [-0.39, 0.29) is 5.91 Å². The summed E-state index contributed by atoms with van der Waals surface area (Å²) in [5.74, 6) is -0.789. The molecule has 122 valence electrons. The largest absolute Gasteiger partial charge is 0.344 e. The summed E-state index contributed by atoms with van der Waals surface area (Å²) in [5, 5.41) is 3.62. The van der Waals surface area contributed by atoms with Gasteiger partial charge in [0.05, 0.1) is 0 Å². The lowest BCUT2D eigenvalue weighted by Gasteiger charge is -2.30. The molecule has 23 heavy (non-hydrogen) atoms. The molecular weight excluding hydrogens is 294 g/mol. The van der Waals surface area contributed by atoms with Crippen molar-refractivity contribution in [1.82, 2.24) is 15.8 Å². The zero-order valence-electron chi connectivity index (χ0n) is 13.4. The fraction of sp³-hybridized carbons (Fsp3) is 0.471. The molecule has 1 aliphatic heterocycles. The molecule has 0 unspecified atom stereocenters. The van der Waals surface area contributed by atoms with Crippen LogP contribution in [-0.2, 0) is 4.79 Å². The van der Waals surface area contributed by atoms with Gasteiger partial charge in [0.2, 0.25) is 0 Å². The van der Waals surface area contributed by atoms with E-state index in [9.17, 15) is 14.4 Å². The number of hydrogen-bond acceptors (Lipinski definition) is 3. The number of benzene rings is 1. The second-order valence-corrected chi connectivity index (χ2v) is 6.40. The van der Waals surface area contributed by atoms with E-state index in [1.807, 2.05) is 19.9 Å². The summed E-state index contributed by atoms with van der Waals surface area (Å²) in [4.78, 5) is 37.2. The van der Waals surface area contributed by atoms with Crippen LogP contribution in [0.1, 0.15) is 53.6 Å². The van der Waals surface area contributed by atoms with E-state index < -0.39 is 17.5 Å². The Balaban J connectivity index is 1.80. The summed E-state index contributed by atoms with van der Waals surface area (Å²) in [6.45, 7) is 3.76. The van der Waals surface area contributed by atoms with E-state index in [1.54, 1.807) is 12.1 Å². The average Bonchev–Trinajstić information content (AvgIpc) is 2.75. The number of imide groups is 1. The molecule has 0 atom stereocenters. The number of hydrazine groups is 1. The molecule has 6 nitrogen and oxygen atoms in total. The number of carbonyl (C=O) groups is 3. The highest BCUT2D eigenvalue weighted by atomic mass is 16.2. The van der Waals surface area contributed by atoms with Crippen molar-refractivity contribution >= 4 is 17.8 Å². The highest BCUT2D eigenvalue weighted by Crippen LogP contribution is 2.33. The van der Waals surface area contributed by atoms with Crippen molar-refractivity contribution in [2.75, 3.05) is 0 Å². The third-order valence-electron chi connectivity index (χ3n) is 4.93. The first-order valence-corrected chi connectivity index (χ1v) is 7.98. The van der Waals surface area contributed by atoms with Crippen LogP contribution in [0.15, 0.2) is 18.2 Å². The maximum Gasteiger partial charge on any atom is 0.344 e. The number of nitrogens with one attached hydrogen (secondary N) is 2. The van der Waals surface area contributed by atoms with E-state index in [2.05, 4.69) is 10.7 Å². The smallest absolute Gasteiger partial charge is 0.322 e. The first kappa shape index (κ1) is 15.5. The van der Waals surface area contributed by atoms with Crippen molar-refractivity contribution < 1.29 is 14.4 Å². The Bertz CT molecular complexity index is 678. The summed E-state index contributed by atoms with van der Waals surface area (Å²) in [6, 6.07) is 4.84. The van der Waals surface area contributed by atoms with Crippen LogP contribution in [-0.4, -0.2) is 28.4 Å². The molecule has 1 saturated carbocycles. The standard InChI is InChI=1S/C17H21N3O3/c1-11-7-6-8-13(12(11)2)14(21)19-20-15(22)17(18-16(20)23)9-4-3-5-10-17/h6-8H,3-5,9-10H2,1-2H3,(H,18,23)(H,19,21). The fourth-order valence-corrected chi connectivity index (χ4v) is 3.37. The van der Waals surface area contributed by atoms with Crippen LogP contribution in [0.3, 0.4) is 0 Å². The van der Waals surface area contributed by atoms with Crippen LogP contribution < -0.4 is 10.7 Å². The van der Waals surface area contributed by atoms with Crippen LogP contribution in [0.4, 0.5) is 4.79 Å². The molecule has 2 fully saturated rings. The number of nitrogens with zero attached hydrogens (tertiary/aromatic N) is 1. The lowest BCUT2D eigenvalue weighted by Crippen LogP contribution is -2.51. The molecule has 1 aliphatic carbocycles. The van der Waals surface area contributed by atoms with Crippen molar-refractivity contribution in [2.45, 2.75) is 51.5 Å². The van der Waals surface area contributed by atoms with Crippen LogP contribution in [0.2, 0.25) is 0 Å². The van der Waals surface area contributed by atoms with Crippen molar-refractivity contribution in [2.24, 2.45) is 0 Å². The molecule has 2 N–H and O–H groups in total. The zero-order chi connectivity index (χ0) is 16.6. The molecule has 1 aromatic rings. The third kappa shape index (κ3) is 2.58. The van der Waals surface area contributed by atoms with Crippen molar-refractivity contribution in [3.8, 4) is 0 Å². The molecule has 1 aromatic carbocycles. The Morgan fingerprint density at radius 3 is 2.57 bits per heavy atom. The van der Waals surface area contributed by atoms with Gasteiger partial charge in [-0.15, -0.1) is 0 Å². The minimum absolute atomic E-state index is 0.346. The number of amides is 4. The quantitative estimate of drug-likeness (QED) is 0.821. The molecule has 0 bridgehead atoms. The highest BCUT2D eigenvalue weighted by molar-refractivity contribution is 6.09. The van der Waals surface area contributed by atoms with E-state index in [1.165, 1.54) is 0 Å². The maximum absolute atomic E-state index is 12.6. The van der Waals surface area contributed by atoms with Gasteiger partial charge in [-0.25, -0.2) is 4.79 Å². The molecule has 1 spiro atoms. The zero-order valence-corrected chi connectivity index (χ0v) is 13.4. The molecule has 0 radical (unpaired) electrons. The van der Waals surface area contributed by atoms with Crippen LogP contribution in [0.25, 0.3) is 0 Å². The van der Waals surface area contributed by atoms with Crippen molar-refractivity contribution in [1.29, 1.82) is 0 Å². The summed E-state index contributed by atoms with van der Waals surface area (Å²) in [7, 11) is 0. The normalized spacial score (nSPS) is 19.8. The second-order valence-electron chi connectivity index (χ2n) is 6.40.